The maximum absolute atomic E-state index is 13.9. The first-order valence-corrected chi connectivity index (χ1v) is 18.6. The van der Waals surface area contributed by atoms with Gasteiger partial charge in [0.1, 0.15) is 11.6 Å². The minimum Gasteiger partial charge on any atom is -0.446 e. The van der Waals surface area contributed by atoms with Crippen molar-refractivity contribution in [1.29, 1.82) is 0 Å². The molecule has 13 nitrogen and oxygen atoms in total. The molecule has 2 aromatic rings. The van der Waals surface area contributed by atoms with E-state index in [9.17, 15) is 40.8 Å². The predicted molar refractivity (Wildman–Crippen MR) is 184 cm³/mol. The van der Waals surface area contributed by atoms with Crippen LogP contribution in [0, 0.1) is 24.7 Å². The number of anilines is 1. The number of aryl methyl sites for hydroxylation is 1. The summed E-state index contributed by atoms with van der Waals surface area (Å²) in [5.41, 5.74) is -2.11. The van der Waals surface area contributed by atoms with E-state index in [-0.39, 0.29) is 30.6 Å². The molecule has 3 fully saturated rings. The summed E-state index contributed by atoms with van der Waals surface area (Å²) in [4.78, 5) is 55.8. The Kier molecular flexibility index (Phi) is 11.2. The second kappa shape index (κ2) is 15.1. The first kappa shape index (κ1) is 38.6. The third-order valence-corrected chi connectivity index (χ3v) is 11.7. The standard InChI is InChI=1S/C35H43F3N6O7S/c1-5-7-8-9-16-43(4)31(46)27-19-24(18-26(27)30(45)41-34(20-22(34)6-2)32(47)42-52(49,50)25-11-12-25)51-33(48)40-28-17-23(35(36,37)38)10-13-29(28)44-21(3)14-15-39-44/h5-6,10,13-15,17,22,24-27H,1-2,7-9,11-12,16,18-20H2,3-4H3,(H,40,48)(H,41,45)(H,42,47). The number of carbonyl (C=O) groups excluding carboxylic acids is 4. The number of nitrogens with one attached hydrogen (secondary N) is 3. The molecule has 17 heteroatoms. The molecular formula is C35H43F3N6O7S. The number of allylic oxidation sites excluding steroid dienone is 1. The van der Waals surface area contributed by atoms with Crippen molar-refractivity contribution in [3.05, 3.63) is 67.0 Å². The molecule has 0 aliphatic heterocycles. The van der Waals surface area contributed by atoms with Gasteiger partial charge in [-0.2, -0.15) is 18.3 Å². The van der Waals surface area contributed by atoms with Crippen molar-refractivity contribution in [3.63, 3.8) is 0 Å². The Morgan fingerprint density at radius 2 is 1.83 bits per heavy atom. The molecule has 0 saturated heterocycles. The zero-order valence-electron chi connectivity index (χ0n) is 28.9. The Hall–Kier alpha value is -4.67. The van der Waals surface area contributed by atoms with Crippen LogP contribution in [0.4, 0.5) is 23.7 Å². The van der Waals surface area contributed by atoms with Crippen LogP contribution < -0.4 is 15.4 Å². The maximum atomic E-state index is 13.9. The van der Waals surface area contributed by atoms with Gasteiger partial charge >= 0.3 is 12.3 Å². The van der Waals surface area contributed by atoms with Gasteiger partial charge in [0.2, 0.25) is 21.8 Å². The number of nitrogens with zero attached hydrogens (tertiary/aromatic N) is 3. The van der Waals surface area contributed by atoms with Crippen molar-refractivity contribution in [2.75, 3.05) is 18.9 Å². The molecule has 52 heavy (non-hydrogen) atoms. The molecular weight excluding hydrogens is 705 g/mol. The monoisotopic (exact) mass is 748 g/mol. The zero-order valence-corrected chi connectivity index (χ0v) is 29.8. The maximum Gasteiger partial charge on any atom is 0.416 e. The topological polar surface area (TPSA) is 169 Å². The number of unbranched alkanes of at least 4 members (excludes halogenated alkanes) is 2. The molecule has 3 saturated carbocycles. The number of sulfonamides is 1. The van der Waals surface area contributed by atoms with Crippen molar-refractivity contribution < 1.29 is 45.5 Å². The van der Waals surface area contributed by atoms with Gasteiger partial charge in [-0.1, -0.05) is 12.2 Å². The number of rotatable bonds is 15. The SMILES string of the molecule is C=CCCCCN(C)C(=O)C1CC(OC(=O)Nc2cc(C(F)(F)F)ccc2-n2nccc2C)CC1C(=O)NC1(C(=O)NS(=O)(=O)C2CC2)CC1C=C. The lowest BCUT2D eigenvalue weighted by atomic mass is 9.93. The van der Waals surface area contributed by atoms with Crippen LogP contribution in [0.3, 0.4) is 0 Å². The summed E-state index contributed by atoms with van der Waals surface area (Å²) < 4.78 is 75.1. The molecule has 282 valence electrons. The minimum absolute atomic E-state index is 0.0881. The highest BCUT2D eigenvalue weighted by Gasteiger charge is 2.62. The van der Waals surface area contributed by atoms with Gasteiger partial charge in [-0.05, 0) is 82.6 Å². The van der Waals surface area contributed by atoms with Crippen molar-refractivity contribution in [2.45, 2.75) is 81.4 Å². The van der Waals surface area contributed by atoms with Gasteiger partial charge in [-0.3, -0.25) is 24.4 Å². The molecule has 1 heterocycles. The fraction of sp³-hybridized carbons (Fsp3) is 0.514. The van der Waals surface area contributed by atoms with Gasteiger partial charge in [0, 0.05) is 31.4 Å². The molecule has 3 N–H and O–H groups in total. The third-order valence-electron chi connectivity index (χ3n) is 9.84. The number of benzene rings is 1. The Balaban J connectivity index is 1.35. The van der Waals surface area contributed by atoms with Gasteiger partial charge < -0.3 is 15.0 Å². The number of aromatic nitrogens is 2. The van der Waals surface area contributed by atoms with Gasteiger partial charge in [-0.15, -0.1) is 13.2 Å². The zero-order chi connectivity index (χ0) is 38.0. The molecule has 5 unspecified atom stereocenters. The van der Waals surface area contributed by atoms with Crippen LogP contribution >= 0.6 is 0 Å². The van der Waals surface area contributed by atoms with Crippen LogP contribution in [-0.4, -0.2) is 77.4 Å². The van der Waals surface area contributed by atoms with Crippen molar-refractivity contribution >= 4 is 39.5 Å². The van der Waals surface area contributed by atoms with Crippen LogP contribution in [0.15, 0.2) is 55.8 Å². The Labute approximate surface area is 300 Å². The van der Waals surface area contributed by atoms with E-state index in [1.54, 1.807) is 26.1 Å². The minimum atomic E-state index is -4.71. The molecule has 5 rings (SSSR count). The molecule has 0 bridgehead atoms. The molecule has 0 spiro atoms. The summed E-state index contributed by atoms with van der Waals surface area (Å²) >= 11 is 0. The average Bonchev–Trinajstić information content (AvgIpc) is 3.98. The second-order valence-electron chi connectivity index (χ2n) is 13.7. The molecule has 3 aliphatic rings. The number of halogens is 3. The smallest absolute Gasteiger partial charge is 0.416 e. The molecule has 5 atom stereocenters. The summed E-state index contributed by atoms with van der Waals surface area (Å²) in [5.74, 6) is -4.64. The van der Waals surface area contributed by atoms with Crippen LogP contribution in [0.2, 0.25) is 0 Å². The summed E-state index contributed by atoms with van der Waals surface area (Å²) in [6.45, 7) is 9.45. The summed E-state index contributed by atoms with van der Waals surface area (Å²) in [6.07, 6.45) is 0.713. The first-order valence-electron chi connectivity index (χ1n) is 17.1. The molecule has 4 amide bonds. The molecule has 1 aromatic heterocycles. The van der Waals surface area contributed by atoms with Crippen LogP contribution in [-0.2, 0) is 35.3 Å². The fourth-order valence-electron chi connectivity index (χ4n) is 6.62. The van der Waals surface area contributed by atoms with E-state index in [1.165, 1.54) is 27.9 Å². The van der Waals surface area contributed by atoms with Crippen molar-refractivity contribution in [3.8, 4) is 5.69 Å². The van der Waals surface area contributed by atoms with Gasteiger partial charge in [0.05, 0.1) is 34.0 Å². The second-order valence-corrected chi connectivity index (χ2v) is 15.6. The van der Waals surface area contributed by atoms with E-state index in [0.29, 0.717) is 31.5 Å². The van der Waals surface area contributed by atoms with E-state index in [2.05, 4.69) is 33.6 Å². The van der Waals surface area contributed by atoms with Gasteiger partial charge in [0.15, 0.2) is 0 Å². The lowest BCUT2D eigenvalue weighted by Crippen LogP contribution is -2.54. The summed E-state index contributed by atoms with van der Waals surface area (Å²) in [5, 5.41) is 8.53. The van der Waals surface area contributed by atoms with E-state index >= 15 is 0 Å². The number of ether oxygens (including phenoxy) is 1. The fourth-order valence-corrected chi connectivity index (χ4v) is 7.98. The number of carbonyl (C=O) groups is 4. The number of hydrogen-bond donors (Lipinski definition) is 3. The summed E-state index contributed by atoms with van der Waals surface area (Å²) in [6, 6.07) is 4.43. The van der Waals surface area contributed by atoms with Gasteiger partial charge in [0.25, 0.3) is 5.91 Å². The third kappa shape index (κ3) is 8.51. The normalized spacial score (nSPS) is 24.0. The Morgan fingerprint density at radius 3 is 2.42 bits per heavy atom. The lowest BCUT2D eigenvalue weighted by Gasteiger charge is -2.26. The Morgan fingerprint density at radius 1 is 1.12 bits per heavy atom. The van der Waals surface area contributed by atoms with E-state index in [0.717, 1.165) is 25.0 Å². The van der Waals surface area contributed by atoms with E-state index < -0.39 is 80.2 Å². The summed E-state index contributed by atoms with van der Waals surface area (Å²) in [7, 11) is -2.34. The predicted octanol–water partition coefficient (Wildman–Crippen LogP) is 4.63. The first-order chi connectivity index (χ1) is 24.5. The van der Waals surface area contributed by atoms with Crippen molar-refractivity contribution in [1.82, 2.24) is 24.7 Å². The Bertz CT molecular complexity index is 1840. The largest absolute Gasteiger partial charge is 0.446 e. The number of alkyl halides is 3. The average molecular weight is 749 g/mol. The van der Waals surface area contributed by atoms with Crippen LogP contribution in [0.5, 0.6) is 0 Å². The number of amides is 4. The highest BCUT2D eigenvalue weighted by molar-refractivity contribution is 7.91. The molecule has 3 aliphatic carbocycles. The van der Waals surface area contributed by atoms with E-state index in [4.69, 9.17) is 4.74 Å². The van der Waals surface area contributed by atoms with Crippen molar-refractivity contribution in [2.24, 2.45) is 17.8 Å². The van der Waals surface area contributed by atoms with Gasteiger partial charge in [-0.25, -0.2) is 17.9 Å². The lowest BCUT2D eigenvalue weighted by molar-refractivity contribution is -0.140. The molecule has 0 radical (unpaired) electrons. The molecule has 1 aromatic carbocycles. The van der Waals surface area contributed by atoms with Crippen LogP contribution in [0.25, 0.3) is 5.69 Å². The highest BCUT2D eigenvalue weighted by Crippen LogP contribution is 2.46. The highest BCUT2D eigenvalue weighted by atomic mass is 32.2. The quantitative estimate of drug-likeness (QED) is 0.175. The number of hydrogen-bond acceptors (Lipinski definition) is 8. The van der Waals surface area contributed by atoms with E-state index in [1.807, 2.05) is 0 Å². The van der Waals surface area contributed by atoms with Crippen LogP contribution in [0.1, 0.15) is 62.6 Å².